The Morgan fingerprint density at radius 1 is 1.05 bits per heavy atom. The molecule has 100 valence electrons. The van der Waals surface area contributed by atoms with Gasteiger partial charge in [0.2, 0.25) is 5.91 Å². The first-order valence-corrected chi connectivity index (χ1v) is 6.86. The number of fused-ring (bicyclic) bond motifs is 1. The lowest BCUT2D eigenvalue weighted by molar-refractivity contribution is -0.119. The third kappa shape index (κ3) is 2.14. The molecule has 3 rings (SSSR count). The van der Waals surface area contributed by atoms with Crippen molar-refractivity contribution >= 4 is 11.6 Å². The number of rotatable bonds is 4. The van der Waals surface area contributed by atoms with Crippen LogP contribution >= 0.6 is 0 Å². The van der Waals surface area contributed by atoms with Gasteiger partial charge in [-0.05, 0) is 23.6 Å². The van der Waals surface area contributed by atoms with Crippen LogP contribution in [0.3, 0.4) is 0 Å². The fourth-order valence-corrected chi connectivity index (χ4v) is 2.83. The van der Waals surface area contributed by atoms with Gasteiger partial charge in [-0.15, -0.1) is 6.58 Å². The van der Waals surface area contributed by atoms with E-state index in [4.69, 9.17) is 0 Å². The molecule has 0 aliphatic carbocycles. The summed E-state index contributed by atoms with van der Waals surface area (Å²) in [6.45, 7) is 4.32. The molecular formula is C18H17NO. The van der Waals surface area contributed by atoms with E-state index in [9.17, 15) is 4.79 Å². The Labute approximate surface area is 119 Å². The number of nitrogens with zero attached hydrogens (tertiary/aromatic N) is 1. The Balaban J connectivity index is 1.95. The lowest BCUT2D eigenvalue weighted by atomic mass is 9.93. The maximum absolute atomic E-state index is 12.6. The first-order chi connectivity index (χ1) is 9.81. The topological polar surface area (TPSA) is 20.3 Å². The normalized spacial score (nSPS) is 17.1. The van der Waals surface area contributed by atoms with Crippen LogP contribution in [0, 0.1) is 0 Å². The van der Waals surface area contributed by atoms with E-state index >= 15 is 0 Å². The molecule has 0 saturated heterocycles. The summed E-state index contributed by atoms with van der Waals surface area (Å²) < 4.78 is 0. The fraction of sp³-hybridized carbons (Fsp3) is 0.167. The van der Waals surface area contributed by atoms with Crippen LogP contribution in [0.4, 0.5) is 5.69 Å². The number of anilines is 1. The Hall–Kier alpha value is -2.35. The number of carbonyl (C=O) groups is 1. The highest BCUT2D eigenvalue weighted by molar-refractivity contribution is 6.05. The maximum atomic E-state index is 12.6. The van der Waals surface area contributed by atoms with Gasteiger partial charge in [0.05, 0.1) is 5.92 Å². The van der Waals surface area contributed by atoms with Crippen molar-refractivity contribution in [2.75, 3.05) is 11.4 Å². The molecule has 2 aromatic carbocycles. The Morgan fingerprint density at radius 2 is 1.75 bits per heavy atom. The van der Waals surface area contributed by atoms with Gasteiger partial charge in [0.15, 0.2) is 0 Å². The number of hydrogen-bond donors (Lipinski definition) is 0. The highest BCUT2D eigenvalue weighted by atomic mass is 16.2. The van der Waals surface area contributed by atoms with Crippen LogP contribution in [0.5, 0.6) is 0 Å². The number of hydrogen-bond acceptors (Lipinski definition) is 1. The monoisotopic (exact) mass is 263 g/mol. The Morgan fingerprint density at radius 3 is 2.50 bits per heavy atom. The van der Waals surface area contributed by atoms with Crippen molar-refractivity contribution in [1.82, 2.24) is 0 Å². The van der Waals surface area contributed by atoms with E-state index in [2.05, 4.69) is 24.8 Å². The lowest BCUT2D eigenvalue weighted by Gasteiger charge is -2.15. The number of para-hydroxylation sites is 1. The molecule has 1 amide bonds. The lowest BCUT2D eigenvalue weighted by Crippen LogP contribution is -2.29. The smallest absolute Gasteiger partial charge is 0.235 e. The average Bonchev–Trinajstić information content (AvgIpc) is 2.75. The van der Waals surface area contributed by atoms with Gasteiger partial charge in [-0.25, -0.2) is 0 Å². The molecule has 1 aliphatic heterocycles. The molecule has 1 unspecified atom stereocenters. The Bertz CT molecular complexity index is 633. The SMILES string of the molecule is C=CCN1C(=O)C(Cc2ccccc2)c2ccccc21. The van der Waals surface area contributed by atoms with E-state index in [0.717, 1.165) is 17.7 Å². The molecule has 0 bridgehead atoms. The van der Waals surface area contributed by atoms with Crippen LogP contribution in [0.2, 0.25) is 0 Å². The molecule has 0 spiro atoms. The minimum atomic E-state index is -0.0754. The molecule has 2 aromatic rings. The zero-order chi connectivity index (χ0) is 13.9. The third-order valence-electron chi connectivity index (χ3n) is 3.76. The molecule has 1 aliphatic rings. The van der Waals surface area contributed by atoms with Crippen LogP contribution in [-0.4, -0.2) is 12.5 Å². The molecule has 0 saturated carbocycles. The maximum Gasteiger partial charge on any atom is 0.235 e. The number of carbonyl (C=O) groups excluding carboxylic acids is 1. The van der Waals surface area contributed by atoms with E-state index in [0.29, 0.717) is 6.54 Å². The van der Waals surface area contributed by atoms with Gasteiger partial charge in [-0.3, -0.25) is 4.79 Å². The van der Waals surface area contributed by atoms with Gasteiger partial charge in [0.25, 0.3) is 0 Å². The molecule has 0 aromatic heterocycles. The summed E-state index contributed by atoms with van der Waals surface area (Å²) in [4.78, 5) is 14.5. The summed E-state index contributed by atoms with van der Waals surface area (Å²) in [6, 6.07) is 18.2. The summed E-state index contributed by atoms with van der Waals surface area (Å²) in [7, 11) is 0. The molecule has 1 heterocycles. The minimum absolute atomic E-state index is 0.0754. The van der Waals surface area contributed by atoms with Crippen molar-refractivity contribution in [1.29, 1.82) is 0 Å². The summed E-state index contributed by atoms with van der Waals surface area (Å²) in [5.41, 5.74) is 3.35. The highest BCUT2D eigenvalue weighted by Gasteiger charge is 2.36. The van der Waals surface area contributed by atoms with Crippen molar-refractivity contribution in [3.63, 3.8) is 0 Å². The van der Waals surface area contributed by atoms with Gasteiger partial charge in [0.1, 0.15) is 0 Å². The van der Waals surface area contributed by atoms with Gasteiger partial charge < -0.3 is 4.90 Å². The second-order valence-corrected chi connectivity index (χ2v) is 5.04. The fourth-order valence-electron chi connectivity index (χ4n) is 2.83. The van der Waals surface area contributed by atoms with Crippen LogP contribution < -0.4 is 4.90 Å². The highest BCUT2D eigenvalue weighted by Crippen LogP contribution is 2.38. The van der Waals surface area contributed by atoms with Crippen molar-refractivity contribution in [3.05, 3.63) is 78.4 Å². The molecule has 2 heteroatoms. The van der Waals surface area contributed by atoms with Crippen molar-refractivity contribution < 1.29 is 4.79 Å². The largest absolute Gasteiger partial charge is 0.308 e. The van der Waals surface area contributed by atoms with Crippen molar-refractivity contribution in [3.8, 4) is 0 Å². The van der Waals surface area contributed by atoms with E-state index < -0.39 is 0 Å². The van der Waals surface area contributed by atoms with Gasteiger partial charge >= 0.3 is 0 Å². The van der Waals surface area contributed by atoms with Gasteiger partial charge in [-0.1, -0.05) is 54.6 Å². The standard InChI is InChI=1S/C18H17NO/c1-2-12-19-17-11-7-6-10-15(17)16(18(19)20)13-14-8-4-3-5-9-14/h2-11,16H,1,12-13H2. The van der Waals surface area contributed by atoms with Gasteiger partial charge in [0, 0.05) is 12.2 Å². The van der Waals surface area contributed by atoms with E-state index in [-0.39, 0.29) is 11.8 Å². The second-order valence-electron chi connectivity index (χ2n) is 5.04. The molecule has 1 atom stereocenters. The average molecular weight is 263 g/mol. The van der Waals surface area contributed by atoms with Crippen molar-refractivity contribution in [2.24, 2.45) is 0 Å². The molecule has 0 fully saturated rings. The van der Waals surface area contributed by atoms with Crippen LogP contribution in [0.1, 0.15) is 17.0 Å². The van der Waals surface area contributed by atoms with E-state index in [1.54, 1.807) is 6.08 Å². The molecule has 0 radical (unpaired) electrons. The zero-order valence-corrected chi connectivity index (χ0v) is 11.3. The van der Waals surface area contributed by atoms with E-state index in [1.165, 1.54) is 5.56 Å². The molecular weight excluding hydrogens is 246 g/mol. The Kier molecular flexibility index (Phi) is 3.38. The molecule has 2 nitrogen and oxygen atoms in total. The molecule has 0 N–H and O–H groups in total. The first-order valence-electron chi connectivity index (χ1n) is 6.86. The zero-order valence-electron chi connectivity index (χ0n) is 11.3. The predicted octanol–water partition coefficient (Wildman–Crippen LogP) is 3.55. The van der Waals surface area contributed by atoms with Crippen LogP contribution in [0.15, 0.2) is 67.3 Å². The number of amides is 1. The minimum Gasteiger partial charge on any atom is -0.308 e. The predicted molar refractivity (Wildman–Crippen MR) is 81.9 cm³/mol. The summed E-state index contributed by atoms with van der Waals surface area (Å²) in [6.07, 6.45) is 2.53. The van der Waals surface area contributed by atoms with E-state index in [1.807, 2.05) is 41.3 Å². The summed E-state index contributed by atoms with van der Waals surface area (Å²) >= 11 is 0. The summed E-state index contributed by atoms with van der Waals surface area (Å²) in [5, 5.41) is 0. The molecule has 20 heavy (non-hydrogen) atoms. The van der Waals surface area contributed by atoms with Crippen LogP contribution in [-0.2, 0) is 11.2 Å². The summed E-state index contributed by atoms with van der Waals surface area (Å²) in [5.74, 6) is 0.100. The number of benzene rings is 2. The van der Waals surface area contributed by atoms with Gasteiger partial charge in [-0.2, -0.15) is 0 Å². The quantitative estimate of drug-likeness (QED) is 0.773. The third-order valence-corrected chi connectivity index (χ3v) is 3.76. The van der Waals surface area contributed by atoms with Crippen molar-refractivity contribution in [2.45, 2.75) is 12.3 Å². The second kappa shape index (κ2) is 5.33. The first kappa shape index (κ1) is 12.7. The van der Waals surface area contributed by atoms with Crippen LogP contribution in [0.25, 0.3) is 0 Å².